The van der Waals surface area contributed by atoms with Crippen molar-refractivity contribution in [1.82, 2.24) is 15.0 Å². The van der Waals surface area contributed by atoms with E-state index in [0.29, 0.717) is 22.5 Å². The molecular formula is C51H45N3Si. The molecule has 268 valence electrons. The van der Waals surface area contributed by atoms with Crippen molar-refractivity contribution in [3.8, 4) is 78.7 Å². The lowest BCUT2D eigenvalue weighted by atomic mass is 9.99. The maximum Gasteiger partial charge on any atom is 0.164 e. The summed E-state index contributed by atoms with van der Waals surface area (Å²) in [5.41, 5.74) is 12.2. The molecule has 0 amide bonds. The minimum atomic E-state index is -1.57. The molecule has 0 saturated heterocycles. The molecule has 0 unspecified atom stereocenters. The van der Waals surface area contributed by atoms with Gasteiger partial charge in [0.25, 0.3) is 0 Å². The zero-order chi connectivity index (χ0) is 38.0. The third kappa shape index (κ3) is 7.60. The molecule has 8 rings (SSSR count). The molecule has 55 heavy (non-hydrogen) atoms. The Balaban J connectivity index is 1.10. The molecule has 1 heterocycles. The van der Waals surface area contributed by atoms with Crippen molar-refractivity contribution in [3.05, 3.63) is 182 Å². The Labute approximate surface area is 326 Å². The lowest BCUT2D eigenvalue weighted by molar-refractivity contribution is 0.729. The van der Waals surface area contributed by atoms with Crippen molar-refractivity contribution < 1.29 is 0 Å². The highest BCUT2D eigenvalue weighted by Crippen LogP contribution is 2.36. The molecule has 7 aromatic carbocycles. The molecule has 0 atom stereocenters. The number of rotatable bonds is 8. The standard InChI is InChI=1S/C51H45N3Si/c1-51(2,3)55(4,5)47-33-31-42(32-34-47)40-21-19-39(20-22-40)41-25-29-44(30-26-41)49-52-48(43-27-23-38(24-28-43)36-13-8-6-9-14-36)53-50(54-49)46-18-12-17-45(35-46)37-15-10-7-11-16-37/h6-35H,1-5H3. The third-order valence-electron chi connectivity index (χ3n) is 11.3. The summed E-state index contributed by atoms with van der Waals surface area (Å²) in [6.45, 7) is 12.0. The van der Waals surface area contributed by atoms with Crippen molar-refractivity contribution in [2.45, 2.75) is 38.9 Å². The molecule has 4 heteroatoms. The van der Waals surface area contributed by atoms with Crippen LogP contribution >= 0.6 is 0 Å². The summed E-state index contributed by atoms with van der Waals surface area (Å²) in [6.07, 6.45) is 0. The van der Waals surface area contributed by atoms with E-state index in [1.165, 1.54) is 27.4 Å². The van der Waals surface area contributed by atoms with E-state index in [9.17, 15) is 0 Å². The summed E-state index contributed by atoms with van der Waals surface area (Å²) < 4.78 is 0. The van der Waals surface area contributed by atoms with Crippen LogP contribution in [0.2, 0.25) is 18.1 Å². The van der Waals surface area contributed by atoms with E-state index < -0.39 is 8.07 Å². The largest absolute Gasteiger partial charge is 0.208 e. The highest BCUT2D eigenvalue weighted by molar-refractivity contribution is 6.92. The van der Waals surface area contributed by atoms with Gasteiger partial charge < -0.3 is 0 Å². The third-order valence-corrected chi connectivity index (χ3v) is 16.8. The van der Waals surface area contributed by atoms with Crippen molar-refractivity contribution in [2.24, 2.45) is 0 Å². The number of hydrogen-bond acceptors (Lipinski definition) is 3. The predicted molar refractivity (Wildman–Crippen MR) is 235 cm³/mol. The van der Waals surface area contributed by atoms with Gasteiger partial charge >= 0.3 is 0 Å². The van der Waals surface area contributed by atoms with Gasteiger partial charge in [-0.3, -0.25) is 0 Å². The summed E-state index contributed by atoms with van der Waals surface area (Å²) in [4.78, 5) is 15.1. The van der Waals surface area contributed by atoms with Crippen LogP contribution in [-0.2, 0) is 0 Å². The van der Waals surface area contributed by atoms with Crippen LogP contribution in [0.1, 0.15) is 20.8 Å². The quantitative estimate of drug-likeness (QED) is 0.146. The van der Waals surface area contributed by atoms with Crippen LogP contribution < -0.4 is 5.19 Å². The van der Waals surface area contributed by atoms with Crippen LogP contribution in [0.4, 0.5) is 0 Å². The van der Waals surface area contributed by atoms with E-state index in [1.54, 1.807) is 0 Å². The molecule has 1 aromatic heterocycles. The van der Waals surface area contributed by atoms with Gasteiger partial charge in [-0.25, -0.2) is 15.0 Å². The van der Waals surface area contributed by atoms with Gasteiger partial charge in [-0.2, -0.15) is 0 Å². The minimum absolute atomic E-state index is 0.309. The first-order chi connectivity index (χ1) is 26.6. The highest BCUT2D eigenvalue weighted by Gasteiger charge is 2.36. The smallest absolute Gasteiger partial charge is 0.164 e. The minimum Gasteiger partial charge on any atom is -0.208 e. The van der Waals surface area contributed by atoms with E-state index in [2.05, 4.69) is 204 Å². The number of aromatic nitrogens is 3. The topological polar surface area (TPSA) is 38.7 Å². The second kappa shape index (κ2) is 14.9. The number of benzene rings is 7. The van der Waals surface area contributed by atoms with Gasteiger partial charge in [0, 0.05) is 16.7 Å². The average Bonchev–Trinajstić information content (AvgIpc) is 3.24. The average molecular weight is 728 g/mol. The van der Waals surface area contributed by atoms with Gasteiger partial charge in [-0.15, -0.1) is 0 Å². The summed E-state index contributed by atoms with van der Waals surface area (Å²) in [7, 11) is -1.57. The lowest BCUT2D eigenvalue weighted by Crippen LogP contribution is -2.49. The molecule has 0 radical (unpaired) electrons. The van der Waals surface area contributed by atoms with Crippen LogP contribution in [-0.4, -0.2) is 23.0 Å². The fraction of sp³-hybridized carbons (Fsp3) is 0.118. The Bertz CT molecular complexity index is 2540. The number of hydrogen-bond donors (Lipinski definition) is 0. The Morgan fingerprint density at radius 1 is 0.309 bits per heavy atom. The molecule has 8 aromatic rings. The van der Waals surface area contributed by atoms with Gasteiger partial charge in [0.2, 0.25) is 0 Å². The maximum atomic E-state index is 5.06. The molecule has 0 aliphatic heterocycles. The van der Waals surface area contributed by atoms with E-state index in [-0.39, 0.29) is 0 Å². The Hall–Kier alpha value is -6.23. The van der Waals surface area contributed by atoms with Gasteiger partial charge in [-0.1, -0.05) is 215 Å². The molecule has 0 saturated carbocycles. The second-order valence-electron chi connectivity index (χ2n) is 15.8. The zero-order valence-electron chi connectivity index (χ0n) is 32.2. The van der Waals surface area contributed by atoms with E-state index in [0.717, 1.165) is 38.9 Å². The van der Waals surface area contributed by atoms with Crippen LogP contribution in [0.5, 0.6) is 0 Å². The first-order valence-electron chi connectivity index (χ1n) is 19.0. The van der Waals surface area contributed by atoms with Gasteiger partial charge in [0.15, 0.2) is 17.5 Å². The molecule has 0 fully saturated rings. The Morgan fingerprint density at radius 2 is 0.600 bits per heavy atom. The van der Waals surface area contributed by atoms with Crippen LogP contribution in [0, 0.1) is 0 Å². The van der Waals surface area contributed by atoms with Crippen LogP contribution in [0.25, 0.3) is 78.7 Å². The first-order valence-corrected chi connectivity index (χ1v) is 22.0. The summed E-state index contributed by atoms with van der Waals surface area (Å²) in [5.74, 6) is 1.92. The van der Waals surface area contributed by atoms with E-state index in [1.807, 2.05) is 12.1 Å². The Morgan fingerprint density at radius 3 is 1.00 bits per heavy atom. The molecule has 0 spiro atoms. The first kappa shape index (κ1) is 35.8. The fourth-order valence-corrected chi connectivity index (χ4v) is 8.72. The van der Waals surface area contributed by atoms with Gasteiger partial charge in [0.05, 0.1) is 8.07 Å². The van der Waals surface area contributed by atoms with Crippen LogP contribution in [0.15, 0.2) is 182 Å². The summed E-state index contributed by atoms with van der Waals surface area (Å²) >= 11 is 0. The molecule has 3 nitrogen and oxygen atoms in total. The van der Waals surface area contributed by atoms with Crippen molar-refractivity contribution in [3.63, 3.8) is 0 Å². The lowest BCUT2D eigenvalue weighted by Gasteiger charge is -2.37. The molecule has 0 bridgehead atoms. The van der Waals surface area contributed by atoms with Gasteiger partial charge in [0.1, 0.15) is 0 Å². The van der Waals surface area contributed by atoms with Crippen molar-refractivity contribution in [1.29, 1.82) is 0 Å². The second-order valence-corrected chi connectivity index (χ2v) is 21.1. The molecule has 0 N–H and O–H groups in total. The maximum absolute atomic E-state index is 5.06. The van der Waals surface area contributed by atoms with Crippen molar-refractivity contribution in [2.75, 3.05) is 0 Å². The summed E-state index contributed by atoms with van der Waals surface area (Å²) in [6, 6.07) is 64.4. The van der Waals surface area contributed by atoms with Crippen molar-refractivity contribution >= 4 is 13.3 Å². The normalized spacial score (nSPS) is 11.7. The molecular weight excluding hydrogens is 683 g/mol. The summed E-state index contributed by atoms with van der Waals surface area (Å²) in [5, 5.41) is 1.81. The number of nitrogens with zero attached hydrogens (tertiary/aromatic N) is 3. The monoisotopic (exact) mass is 727 g/mol. The van der Waals surface area contributed by atoms with Gasteiger partial charge in [-0.05, 0) is 55.6 Å². The predicted octanol–water partition coefficient (Wildman–Crippen LogP) is 13.3. The molecule has 0 aliphatic carbocycles. The molecule has 0 aliphatic rings. The SMILES string of the molecule is CC(C)(C)[Si](C)(C)c1ccc(-c2ccc(-c3ccc(-c4nc(-c5ccc(-c6ccccc6)cc5)nc(-c5cccc(-c6ccccc6)c5)n4)cc3)cc2)cc1. The van der Waals surface area contributed by atoms with E-state index in [4.69, 9.17) is 15.0 Å². The zero-order valence-corrected chi connectivity index (χ0v) is 33.2. The van der Waals surface area contributed by atoms with E-state index >= 15 is 0 Å². The van der Waals surface area contributed by atoms with Crippen LogP contribution in [0.3, 0.4) is 0 Å². The fourth-order valence-electron chi connectivity index (χ4n) is 6.85. The highest BCUT2D eigenvalue weighted by atomic mass is 28.3. The Kier molecular flexibility index (Phi) is 9.69.